The molecule has 144 valence electrons. The Morgan fingerprint density at radius 1 is 1.00 bits per heavy atom. The Labute approximate surface area is 164 Å². The Morgan fingerprint density at radius 2 is 1.79 bits per heavy atom. The average Bonchev–Trinajstić information content (AvgIpc) is 2.73. The van der Waals surface area contributed by atoms with Crippen molar-refractivity contribution in [3.05, 3.63) is 106 Å². The molecule has 0 atom stereocenters. The third kappa shape index (κ3) is 3.75. The van der Waals surface area contributed by atoms with Crippen molar-refractivity contribution in [3.63, 3.8) is 0 Å². The van der Waals surface area contributed by atoms with E-state index in [2.05, 4.69) is 10.3 Å². The van der Waals surface area contributed by atoms with Gasteiger partial charge in [-0.1, -0.05) is 30.3 Å². The zero-order chi connectivity index (χ0) is 20.4. The molecule has 0 aliphatic carbocycles. The lowest BCUT2D eigenvalue weighted by Crippen LogP contribution is -2.30. The molecule has 2 aromatic carbocycles. The van der Waals surface area contributed by atoms with Gasteiger partial charge in [0.05, 0.1) is 12.2 Å². The Kier molecular flexibility index (Phi) is 4.87. The first-order valence-electron chi connectivity index (χ1n) is 8.82. The van der Waals surface area contributed by atoms with Gasteiger partial charge in [-0.3, -0.25) is 14.2 Å². The van der Waals surface area contributed by atoms with Gasteiger partial charge in [0, 0.05) is 17.6 Å². The Morgan fingerprint density at radius 3 is 2.59 bits per heavy atom. The third-order valence-corrected chi connectivity index (χ3v) is 4.45. The number of anilines is 1. The van der Waals surface area contributed by atoms with Crippen LogP contribution in [0, 0.1) is 11.6 Å². The number of hydrogen-bond donors (Lipinski definition) is 1. The maximum atomic E-state index is 13.9. The molecule has 0 saturated heterocycles. The number of hydrogen-bond acceptors (Lipinski definition) is 3. The van der Waals surface area contributed by atoms with Crippen molar-refractivity contribution in [2.24, 2.45) is 0 Å². The van der Waals surface area contributed by atoms with E-state index in [0.29, 0.717) is 11.0 Å². The summed E-state index contributed by atoms with van der Waals surface area (Å²) in [6, 6.07) is 16.8. The molecule has 2 aromatic heterocycles. The zero-order valence-electron chi connectivity index (χ0n) is 15.1. The minimum atomic E-state index is -0.827. The number of nitrogens with zero attached hydrogens (tertiary/aromatic N) is 2. The number of pyridine rings is 2. The van der Waals surface area contributed by atoms with Crippen molar-refractivity contribution >= 4 is 22.6 Å². The van der Waals surface area contributed by atoms with Gasteiger partial charge in [0.25, 0.3) is 11.5 Å². The van der Waals surface area contributed by atoms with Crippen LogP contribution in [0.4, 0.5) is 14.5 Å². The molecule has 0 unspecified atom stereocenters. The predicted octanol–water partition coefficient (Wildman–Crippen LogP) is 3.98. The first kappa shape index (κ1) is 18.5. The lowest BCUT2D eigenvalue weighted by atomic mass is 10.1. The molecule has 1 N–H and O–H groups in total. The van der Waals surface area contributed by atoms with Crippen molar-refractivity contribution in [2.45, 2.75) is 6.54 Å². The summed E-state index contributed by atoms with van der Waals surface area (Å²) < 4.78 is 28.7. The third-order valence-electron chi connectivity index (χ3n) is 4.45. The molecule has 0 bridgehead atoms. The zero-order valence-corrected chi connectivity index (χ0v) is 15.1. The maximum Gasteiger partial charge on any atom is 0.265 e. The van der Waals surface area contributed by atoms with Crippen molar-refractivity contribution in [2.75, 3.05) is 5.32 Å². The highest BCUT2D eigenvalue weighted by atomic mass is 19.1. The highest BCUT2D eigenvalue weighted by molar-refractivity contribution is 6.05. The van der Waals surface area contributed by atoms with Gasteiger partial charge in [-0.05, 0) is 35.9 Å². The average molecular weight is 391 g/mol. The molecule has 0 radical (unpaired) electrons. The second-order valence-electron chi connectivity index (χ2n) is 6.43. The van der Waals surface area contributed by atoms with Crippen LogP contribution < -0.4 is 10.9 Å². The minimum absolute atomic E-state index is 0.190. The highest BCUT2D eigenvalue weighted by Crippen LogP contribution is 2.18. The lowest BCUT2D eigenvalue weighted by molar-refractivity contribution is 0.102. The van der Waals surface area contributed by atoms with E-state index in [-0.39, 0.29) is 17.8 Å². The molecule has 4 aromatic rings. The van der Waals surface area contributed by atoms with Gasteiger partial charge < -0.3 is 5.32 Å². The SMILES string of the molecule is O=C(Nc1cc(F)ccc1F)c1cc2cccnc2n(Cc2ccccc2)c1=O. The Hall–Kier alpha value is -3.87. The van der Waals surface area contributed by atoms with Gasteiger partial charge in [-0.25, -0.2) is 13.8 Å². The van der Waals surface area contributed by atoms with Crippen LogP contribution in [0.15, 0.2) is 77.7 Å². The largest absolute Gasteiger partial charge is 0.319 e. The van der Waals surface area contributed by atoms with Crippen molar-refractivity contribution < 1.29 is 13.6 Å². The summed E-state index contributed by atoms with van der Waals surface area (Å²) in [7, 11) is 0. The molecule has 1 amide bonds. The van der Waals surface area contributed by atoms with Crippen LogP contribution in [0.3, 0.4) is 0 Å². The fourth-order valence-corrected chi connectivity index (χ4v) is 3.06. The number of benzene rings is 2. The number of carbonyl (C=O) groups is 1. The fraction of sp³-hybridized carbons (Fsp3) is 0.0455. The van der Waals surface area contributed by atoms with E-state index in [1.165, 1.54) is 10.6 Å². The van der Waals surface area contributed by atoms with Crippen molar-refractivity contribution in [1.82, 2.24) is 9.55 Å². The number of carbonyl (C=O) groups excluding carboxylic acids is 1. The first-order chi connectivity index (χ1) is 14.0. The van der Waals surface area contributed by atoms with Crippen LogP contribution in [0.25, 0.3) is 11.0 Å². The smallest absolute Gasteiger partial charge is 0.265 e. The summed E-state index contributed by atoms with van der Waals surface area (Å²) in [5, 5.41) is 2.85. The van der Waals surface area contributed by atoms with Crippen LogP contribution in [-0.2, 0) is 6.54 Å². The Balaban J connectivity index is 1.80. The standard InChI is InChI=1S/C22H15F2N3O2/c23-16-8-9-18(24)19(12-16)26-21(28)17-11-15-7-4-10-25-20(15)27(22(17)29)13-14-5-2-1-3-6-14/h1-12H,13H2,(H,26,28). The van der Waals surface area contributed by atoms with E-state index in [0.717, 1.165) is 23.8 Å². The number of amides is 1. The molecule has 29 heavy (non-hydrogen) atoms. The molecular formula is C22H15F2N3O2. The van der Waals surface area contributed by atoms with E-state index in [9.17, 15) is 18.4 Å². The quantitative estimate of drug-likeness (QED) is 0.572. The summed E-state index contributed by atoms with van der Waals surface area (Å²) >= 11 is 0. The van der Waals surface area contributed by atoms with Gasteiger partial charge in [0.1, 0.15) is 22.8 Å². The van der Waals surface area contributed by atoms with Gasteiger partial charge in [0.2, 0.25) is 0 Å². The second-order valence-corrected chi connectivity index (χ2v) is 6.43. The van der Waals surface area contributed by atoms with Crippen LogP contribution in [0.2, 0.25) is 0 Å². The van der Waals surface area contributed by atoms with Crippen molar-refractivity contribution in [3.8, 4) is 0 Å². The fourth-order valence-electron chi connectivity index (χ4n) is 3.06. The number of halogens is 2. The lowest BCUT2D eigenvalue weighted by Gasteiger charge is -2.13. The second kappa shape index (κ2) is 7.63. The van der Waals surface area contributed by atoms with E-state index in [4.69, 9.17) is 0 Å². The summed E-state index contributed by atoms with van der Waals surface area (Å²) in [6.07, 6.45) is 1.56. The van der Waals surface area contributed by atoms with Crippen LogP contribution in [-0.4, -0.2) is 15.5 Å². The normalized spacial score (nSPS) is 10.8. The number of nitrogens with one attached hydrogen (secondary N) is 1. The molecule has 0 spiro atoms. The number of rotatable bonds is 4. The Bertz CT molecular complexity index is 1270. The monoisotopic (exact) mass is 391 g/mol. The summed E-state index contributed by atoms with van der Waals surface area (Å²) in [4.78, 5) is 30.0. The maximum absolute atomic E-state index is 13.9. The predicted molar refractivity (Wildman–Crippen MR) is 106 cm³/mol. The van der Waals surface area contributed by atoms with Gasteiger partial charge in [-0.2, -0.15) is 0 Å². The van der Waals surface area contributed by atoms with E-state index in [1.807, 2.05) is 30.3 Å². The minimum Gasteiger partial charge on any atom is -0.319 e. The van der Waals surface area contributed by atoms with E-state index < -0.39 is 23.1 Å². The first-order valence-corrected chi connectivity index (χ1v) is 8.82. The van der Waals surface area contributed by atoms with Crippen LogP contribution >= 0.6 is 0 Å². The van der Waals surface area contributed by atoms with Crippen LogP contribution in [0.5, 0.6) is 0 Å². The molecule has 0 aliphatic rings. The van der Waals surface area contributed by atoms with E-state index >= 15 is 0 Å². The summed E-state index contributed by atoms with van der Waals surface area (Å²) in [5.41, 5.74) is 0.180. The highest BCUT2D eigenvalue weighted by Gasteiger charge is 2.18. The van der Waals surface area contributed by atoms with Crippen molar-refractivity contribution in [1.29, 1.82) is 0 Å². The summed E-state index contributed by atoms with van der Waals surface area (Å²) in [5.74, 6) is -2.33. The molecule has 0 fully saturated rings. The molecule has 2 heterocycles. The van der Waals surface area contributed by atoms with Gasteiger partial charge >= 0.3 is 0 Å². The molecular weight excluding hydrogens is 376 g/mol. The van der Waals surface area contributed by atoms with Gasteiger partial charge in [0.15, 0.2) is 0 Å². The topological polar surface area (TPSA) is 64.0 Å². The molecule has 0 aliphatic heterocycles. The summed E-state index contributed by atoms with van der Waals surface area (Å²) in [6.45, 7) is 0.211. The molecule has 7 heteroatoms. The van der Waals surface area contributed by atoms with Gasteiger partial charge in [-0.15, -0.1) is 0 Å². The number of fused-ring (bicyclic) bond motifs is 1. The molecule has 0 saturated carbocycles. The van der Waals surface area contributed by atoms with E-state index in [1.54, 1.807) is 18.3 Å². The van der Waals surface area contributed by atoms with Crippen LogP contribution in [0.1, 0.15) is 15.9 Å². The number of aromatic nitrogens is 2. The molecule has 4 rings (SSSR count). The molecule has 5 nitrogen and oxygen atoms in total.